The van der Waals surface area contributed by atoms with Crippen molar-refractivity contribution in [2.45, 2.75) is 12.6 Å². The Morgan fingerprint density at radius 3 is 2.74 bits per heavy atom. The average Bonchev–Trinajstić information content (AvgIpc) is 3.37. The molecule has 7 nitrogen and oxygen atoms in total. The quantitative estimate of drug-likeness (QED) is 0.496. The van der Waals surface area contributed by atoms with Crippen LogP contribution < -0.4 is 15.0 Å². The maximum Gasteiger partial charge on any atom is 0.259 e. The van der Waals surface area contributed by atoms with Crippen LogP contribution in [0.4, 0.5) is 5.69 Å². The lowest BCUT2D eigenvalue weighted by atomic mass is 10.1. The fourth-order valence-electron chi connectivity index (χ4n) is 3.76. The summed E-state index contributed by atoms with van der Waals surface area (Å²) < 4.78 is 5.32. The molecule has 0 spiro atoms. The molecule has 1 aromatic carbocycles. The minimum atomic E-state index is -0.609. The van der Waals surface area contributed by atoms with Gasteiger partial charge in [-0.05, 0) is 35.7 Å². The number of amides is 2. The van der Waals surface area contributed by atoms with E-state index in [9.17, 15) is 9.59 Å². The predicted molar refractivity (Wildman–Crippen MR) is 138 cm³/mol. The SMILES string of the molecule is COc1ccncc1C(=O)N1CCN(c2ccc(Cl)c(Cl)c2)[C@H](C(=O)NCc2cccs2)C1.Cl. The van der Waals surface area contributed by atoms with E-state index in [2.05, 4.69) is 10.3 Å². The molecule has 1 atom stereocenters. The maximum atomic E-state index is 13.3. The van der Waals surface area contributed by atoms with Gasteiger partial charge in [0.15, 0.2) is 0 Å². The van der Waals surface area contributed by atoms with Crippen molar-refractivity contribution in [2.24, 2.45) is 0 Å². The van der Waals surface area contributed by atoms with Gasteiger partial charge in [-0.3, -0.25) is 14.6 Å². The Hall–Kier alpha value is -2.52. The second kappa shape index (κ2) is 11.8. The minimum Gasteiger partial charge on any atom is -0.496 e. The van der Waals surface area contributed by atoms with E-state index in [1.807, 2.05) is 28.5 Å². The second-order valence-corrected chi connectivity index (χ2v) is 9.28. The number of thiophene rings is 1. The third-order valence-electron chi connectivity index (χ3n) is 5.45. The van der Waals surface area contributed by atoms with Crippen LogP contribution >= 0.6 is 46.9 Å². The molecule has 1 aliphatic heterocycles. The van der Waals surface area contributed by atoms with Gasteiger partial charge in [-0.15, -0.1) is 23.7 Å². The number of hydrogen-bond acceptors (Lipinski definition) is 6. The van der Waals surface area contributed by atoms with Gasteiger partial charge in [-0.1, -0.05) is 29.3 Å². The summed E-state index contributed by atoms with van der Waals surface area (Å²) in [6, 6.07) is 10.2. The van der Waals surface area contributed by atoms with Gasteiger partial charge in [0.2, 0.25) is 5.91 Å². The van der Waals surface area contributed by atoms with Crippen molar-refractivity contribution in [3.05, 3.63) is 74.7 Å². The first-order valence-electron chi connectivity index (χ1n) is 10.3. The number of pyridine rings is 1. The van der Waals surface area contributed by atoms with E-state index < -0.39 is 6.04 Å². The molecule has 2 amide bonds. The Labute approximate surface area is 218 Å². The van der Waals surface area contributed by atoms with Gasteiger partial charge >= 0.3 is 0 Å². The van der Waals surface area contributed by atoms with Crippen LogP contribution in [-0.2, 0) is 11.3 Å². The molecule has 0 radical (unpaired) electrons. The largest absolute Gasteiger partial charge is 0.496 e. The lowest BCUT2D eigenvalue weighted by Gasteiger charge is -2.42. The topological polar surface area (TPSA) is 74.8 Å². The number of anilines is 1. The van der Waals surface area contributed by atoms with Gasteiger partial charge in [-0.25, -0.2) is 0 Å². The van der Waals surface area contributed by atoms with Gasteiger partial charge < -0.3 is 19.9 Å². The molecular formula is C23H23Cl3N4O3S. The highest BCUT2D eigenvalue weighted by molar-refractivity contribution is 7.09. The number of carbonyl (C=O) groups is 2. The normalized spacial score (nSPS) is 15.4. The van der Waals surface area contributed by atoms with E-state index in [1.165, 1.54) is 13.3 Å². The number of hydrogen-bond donors (Lipinski definition) is 1. The van der Waals surface area contributed by atoms with Crippen LogP contribution in [0.2, 0.25) is 10.0 Å². The zero-order valence-electron chi connectivity index (χ0n) is 18.2. The lowest BCUT2D eigenvalue weighted by Crippen LogP contribution is -2.60. The Morgan fingerprint density at radius 1 is 1.21 bits per heavy atom. The summed E-state index contributed by atoms with van der Waals surface area (Å²) in [7, 11) is 1.51. The Kier molecular flexibility index (Phi) is 9.02. The van der Waals surface area contributed by atoms with E-state index >= 15 is 0 Å². The smallest absolute Gasteiger partial charge is 0.259 e. The van der Waals surface area contributed by atoms with Crippen molar-refractivity contribution < 1.29 is 14.3 Å². The molecule has 1 aliphatic rings. The molecule has 1 fully saturated rings. The standard InChI is InChI=1S/C23H22Cl2N4O3S.ClH/c1-32-21-6-7-26-13-17(21)23(31)28-8-9-29(15-4-5-18(24)19(25)11-15)20(14-28)22(30)27-12-16-3-2-10-33-16;/h2-7,10-11,13,20H,8-9,12,14H2,1H3,(H,27,30);1H/t20-;/m0./s1. The first-order chi connectivity index (χ1) is 16.0. The molecule has 1 saturated heterocycles. The van der Waals surface area contributed by atoms with Crippen molar-refractivity contribution in [3.63, 3.8) is 0 Å². The van der Waals surface area contributed by atoms with Crippen LogP contribution in [0.5, 0.6) is 5.75 Å². The summed E-state index contributed by atoms with van der Waals surface area (Å²) in [5, 5.41) is 5.81. The fourth-order valence-corrected chi connectivity index (χ4v) is 4.70. The minimum absolute atomic E-state index is 0. The van der Waals surface area contributed by atoms with Crippen molar-refractivity contribution in [2.75, 3.05) is 31.6 Å². The van der Waals surface area contributed by atoms with Crippen molar-refractivity contribution >= 4 is 64.4 Å². The van der Waals surface area contributed by atoms with Crippen LogP contribution in [0.1, 0.15) is 15.2 Å². The van der Waals surface area contributed by atoms with E-state index in [1.54, 1.807) is 40.6 Å². The van der Waals surface area contributed by atoms with Gasteiger partial charge in [0.25, 0.3) is 5.91 Å². The molecule has 0 unspecified atom stereocenters. The number of carbonyl (C=O) groups excluding carboxylic acids is 2. The van der Waals surface area contributed by atoms with Gasteiger partial charge in [-0.2, -0.15) is 0 Å². The number of halogens is 3. The number of nitrogens with one attached hydrogen (secondary N) is 1. The molecule has 0 saturated carbocycles. The van der Waals surface area contributed by atoms with Gasteiger partial charge in [0.05, 0.1) is 35.8 Å². The van der Waals surface area contributed by atoms with Crippen LogP contribution in [0, 0.1) is 0 Å². The number of piperazine rings is 1. The summed E-state index contributed by atoms with van der Waals surface area (Å²) in [6.07, 6.45) is 3.05. The summed E-state index contributed by atoms with van der Waals surface area (Å²) in [6.45, 7) is 1.50. The van der Waals surface area contributed by atoms with Crippen LogP contribution in [0.25, 0.3) is 0 Å². The van der Waals surface area contributed by atoms with Crippen LogP contribution in [0.15, 0.2) is 54.2 Å². The average molecular weight is 542 g/mol. The van der Waals surface area contributed by atoms with E-state index in [4.69, 9.17) is 27.9 Å². The van der Waals surface area contributed by atoms with E-state index in [0.717, 1.165) is 10.6 Å². The first-order valence-corrected chi connectivity index (χ1v) is 11.9. The van der Waals surface area contributed by atoms with Crippen molar-refractivity contribution in [3.8, 4) is 5.75 Å². The summed E-state index contributed by atoms with van der Waals surface area (Å²) >= 11 is 13.9. The van der Waals surface area contributed by atoms with Crippen molar-refractivity contribution in [1.29, 1.82) is 0 Å². The molecule has 0 bridgehead atoms. The number of ether oxygens (including phenoxy) is 1. The molecule has 0 aliphatic carbocycles. The van der Waals surface area contributed by atoms with Crippen molar-refractivity contribution in [1.82, 2.24) is 15.2 Å². The third kappa shape index (κ3) is 5.75. The van der Waals surface area contributed by atoms with Gasteiger partial charge in [0.1, 0.15) is 11.8 Å². The highest BCUT2D eigenvalue weighted by Gasteiger charge is 2.35. The Balaban J connectivity index is 0.00000324. The Bertz CT molecular complexity index is 1150. The highest BCUT2D eigenvalue weighted by atomic mass is 35.5. The molecule has 1 N–H and O–H groups in total. The summed E-state index contributed by atoms with van der Waals surface area (Å²) in [4.78, 5) is 35.2. The molecule has 3 heterocycles. The summed E-state index contributed by atoms with van der Waals surface area (Å²) in [5.41, 5.74) is 1.13. The maximum absolute atomic E-state index is 13.3. The number of rotatable bonds is 6. The number of methoxy groups -OCH3 is 1. The number of nitrogens with zero attached hydrogens (tertiary/aromatic N) is 3. The number of aromatic nitrogens is 1. The van der Waals surface area contributed by atoms with Gasteiger partial charge in [0, 0.05) is 36.0 Å². The molecule has 2 aromatic heterocycles. The zero-order chi connectivity index (χ0) is 23.4. The predicted octanol–water partition coefficient (Wildman–Crippen LogP) is 4.53. The van der Waals surface area contributed by atoms with E-state index in [-0.39, 0.29) is 30.8 Å². The fraction of sp³-hybridized carbons (Fsp3) is 0.261. The molecule has 11 heteroatoms. The first kappa shape index (κ1) is 26.1. The highest BCUT2D eigenvalue weighted by Crippen LogP contribution is 2.30. The van der Waals surface area contributed by atoms with Crippen LogP contribution in [-0.4, -0.2) is 54.5 Å². The van der Waals surface area contributed by atoms with E-state index in [0.29, 0.717) is 41.0 Å². The lowest BCUT2D eigenvalue weighted by molar-refractivity contribution is -0.123. The third-order valence-corrected chi connectivity index (χ3v) is 7.07. The number of benzene rings is 1. The zero-order valence-corrected chi connectivity index (χ0v) is 21.4. The molecule has 180 valence electrons. The van der Waals surface area contributed by atoms with Crippen LogP contribution in [0.3, 0.4) is 0 Å². The molecule has 34 heavy (non-hydrogen) atoms. The monoisotopic (exact) mass is 540 g/mol. The second-order valence-electron chi connectivity index (χ2n) is 7.43. The molecular weight excluding hydrogens is 519 g/mol. The molecule has 4 rings (SSSR count). The molecule has 3 aromatic rings. The summed E-state index contributed by atoms with van der Waals surface area (Å²) in [5.74, 6) is 0.0375. The Morgan fingerprint density at radius 2 is 2.03 bits per heavy atom.